The highest BCUT2D eigenvalue weighted by Gasteiger charge is 2.30. The van der Waals surface area contributed by atoms with Crippen molar-refractivity contribution in [3.05, 3.63) is 22.4 Å². The molecule has 1 aliphatic carbocycles. The Kier molecular flexibility index (Phi) is 3.61. The van der Waals surface area contributed by atoms with Crippen LogP contribution >= 0.6 is 11.3 Å². The molecule has 0 spiro atoms. The zero-order chi connectivity index (χ0) is 13.2. The van der Waals surface area contributed by atoms with Crippen LogP contribution < -0.4 is 5.43 Å². The summed E-state index contributed by atoms with van der Waals surface area (Å²) in [7, 11) is 0. The van der Waals surface area contributed by atoms with E-state index in [1.165, 1.54) is 11.3 Å². The van der Waals surface area contributed by atoms with E-state index >= 15 is 0 Å². The van der Waals surface area contributed by atoms with Crippen molar-refractivity contribution in [2.75, 3.05) is 0 Å². The van der Waals surface area contributed by atoms with Crippen LogP contribution in [-0.4, -0.2) is 17.4 Å². The number of rotatable bonds is 2. The third-order valence-electron chi connectivity index (χ3n) is 2.82. The molecule has 0 atom stereocenters. The number of carbonyl (C=O) groups is 2. The second-order valence-corrected chi connectivity index (χ2v) is 6.28. The van der Waals surface area contributed by atoms with Crippen LogP contribution in [0.25, 0.3) is 0 Å². The molecule has 1 amide bonds. The minimum absolute atomic E-state index is 0.0537. The maximum absolute atomic E-state index is 11.7. The molecular weight excluding hydrogens is 248 g/mol. The van der Waals surface area contributed by atoms with Gasteiger partial charge in [0.2, 0.25) is 0 Å². The molecule has 0 aromatic carbocycles. The Balaban J connectivity index is 2.01. The number of hydrogen-bond donors (Lipinski definition) is 1. The van der Waals surface area contributed by atoms with Crippen LogP contribution in [0.1, 0.15) is 42.8 Å². The van der Waals surface area contributed by atoms with Gasteiger partial charge in [-0.25, -0.2) is 5.43 Å². The predicted molar refractivity (Wildman–Crippen MR) is 71.9 cm³/mol. The number of Topliss-reactive ketones (excluding diaryl/α,β-unsaturated/α-hetero) is 1. The number of amides is 1. The van der Waals surface area contributed by atoms with Crippen molar-refractivity contribution in [2.45, 2.75) is 33.1 Å². The van der Waals surface area contributed by atoms with Gasteiger partial charge in [-0.3, -0.25) is 9.59 Å². The molecule has 1 aromatic rings. The Morgan fingerprint density at radius 2 is 2.22 bits per heavy atom. The Morgan fingerprint density at radius 3 is 2.83 bits per heavy atom. The van der Waals surface area contributed by atoms with Crippen LogP contribution in [0.3, 0.4) is 0 Å². The van der Waals surface area contributed by atoms with Gasteiger partial charge in [0, 0.05) is 18.6 Å². The molecule has 4 nitrogen and oxygen atoms in total. The van der Waals surface area contributed by atoms with E-state index in [2.05, 4.69) is 10.5 Å². The minimum Gasteiger partial charge on any atom is -0.299 e. The minimum atomic E-state index is -0.215. The molecule has 1 aliphatic rings. The van der Waals surface area contributed by atoms with Crippen LogP contribution in [-0.2, 0) is 4.79 Å². The van der Waals surface area contributed by atoms with Gasteiger partial charge in [0.25, 0.3) is 5.91 Å². The molecule has 0 saturated heterocycles. The first-order valence-corrected chi connectivity index (χ1v) is 6.75. The smallest absolute Gasteiger partial charge is 0.281 e. The van der Waals surface area contributed by atoms with Gasteiger partial charge < -0.3 is 0 Å². The van der Waals surface area contributed by atoms with Crippen molar-refractivity contribution >= 4 is 28.7 Å². The SMILES string of the molecule is CC1(C)CC(=O)CC(=NNC(=O)c2cccs2)C1. The largest absolute Gasteiger partial charge is 0.299 e. The quantitative estimate of drug-likeness (QED) is 0.835. The van der Waals surface area contributed by atoms with Crippen molar-refractivity contribution in [3.8, 4) is 0 Å². The molecule has 5 heteroatoms. The third-order valence-corrected chi connectivity index (χ3v) is 3.69. The first-order chi connectivity index (χ1) is 8.46. The van der Waals surface area contributed by atoms with Crippen molar-refractivity contribution in [1.29, 1.82) is 0 Å². The summed E-state index contributed by atoms with van der Waals surface area (Å²) in [5.41, 5.74) is 3.23. The number of nitrogens with zero attached hydrogens (tertiary/aromatic N) is 1. The van der Waals surface area contributed by atoms with E-state index in [9.17, 15) is 9.59 Å². The lowest BCUT2D eigenvalue weighted by atomic mass is 9.76. The van der Waals surface area contributed by atoms with Gasteiger partial charge in [-0.1, -0.05) is 19.9 Å². The lowest BCUT2D eigenvalue weighted by Gasteiger charge is -2.28. The van der Waals surface area contributed by atoms with E-state index < -0.39 is 0 Å². The highest BCUT2D eigenvalue weighted by molar-refractivity contribution is 7.12. The Hall–Kier alpha value is -1.49. The van der Waals surface area contributed by atoms with E-state index in [0.29, 0.717) is 17.7 Å². The fraction of sp³-hybridized carbons (Fsp3) is 0.462. The average Bonchev–Trinajstić information content (AvgIpc) is 2.76. The van der Waals surface area contributed by atoms with E-state index in [-0.39, 0.29) is 17.1 Å². The lowest BCUT2D eigenvalue weighted by Crippen LogP contribution is -2.31. The fourth-order valence-corrected chi connectivity index (χ4v) is 2.79. The van der Waals surface area contributed by atoms with Gasteiger partial charge in [-0.2, -0.15) is 5.10 Å². The maximum atomic E-state index is 11.7. The lowest BCUT2D eigenvalue weighted by molar-refractivity contribution is -0.120. The Labute approximate surface area is 110 Å². The van der Waals surface area contributed by atoms with Gasteiger partial charge in [0.05, 0.1) is 4.88 Å². The Bertz CT molecular complexity index is 489. The first kappa shape index (κ1) is 13.0. The molecule has 2 rings (SSSR count). The average molecular weight is 264 g/mol. The van der Waals surface area contributed by atoms with Gasteiger partial charge in [-0.05, 0) is 23.3 Å². The molecule has 96 valence electrons. The zero-order valence-corrected chi connectivity index (χ0v) is 11.3. The Morgan fingerprint density at radius 1 is 1.44 bits per heavy atom. The molecule has 1 saturated carbocycles. The standard InChI is InChI=1S/C13H16N2O2S/c1-13(2)7-9(6-10(16)8-13)14-15-12(17)11-4-3-5-18-11/h3-5H,6-8H2,1-2H3,(H,15,17). The summed E-state index contributed by atoms with van der Waals surface area (Å²) in [6, 6.07) is 3.57. The van der Waals surface area contributed by atoms with E-state index in [0.717, 1.165) is 12.1 Å². The monoisotopic (exact) mass is 264 g/mol. The van der Waals surface area contributed by atoms with Gasteiger partial charge in [0.15, 0.2) is 0 Å². The molecule has 0 bridgehead atoms. The molecule has 1 N–H and O–H groups in total. The number of nitrogens with one attached hydrogen (secondary N) is 1. The number of hydrazone groups is 1. The molecule has 0 radical (unpaired) electrons. The van der Waals surface area contributed by atoms with Gasteiger partial charge >= 0.3 is 0 Å². The summed E-state index contributed by atoms with van der Waals surface area (Å²) in [6.07, 6.45) is 1.70. The second kappa shape index (κ2) is 5.02. The van der Waals surface area contributed by atoms with Gasteiger partial charge in [-0.15, -0.1) is 11.3 Å². The van der Waals surface area contributed by atoms with Crippen molar-refractivity contribution < 1.29 is 9.59 Å². The number of carbonyl (C=O) groups excluding carboxylic acids is 2. The van der Waals surface area contributed by atoms with E-state index in [1.807, 2.05) is 25.3 Å². The van der Waals surface area contributed by atoms with Crippen LogP contribution in [0.4, 0.5) is 0 Å². The molecule has 1 heterocycles. The molecule has 1 aromatic heterocycles. The molecule has 18 heavy (non-hydrogen) atoms. The van der Waals surface area contributed by atoms with Crippen LogP contribution in [0.15, 0.2) is 22.6 Å². The van der Waals surface area contributed by atoms with Crippen molar-refractivity contribution in [3.63, 3.8) is 0 Å². The summed E-state index contributed by atoms with van der Waals surface area (Å²) in [5, 5.41) is 5.93. The highest BCUT2D eigenvalue weighted by Crippen LogP contribution is 2.31. The number of hydrogen-bond acceptors (Lipinski definition) is 4. The zero-order valence-electron chi connectivity index (χ0n) is 10.5. The van der Waals surface area contributed by atoms with E-state index in [1.54, 1.807) is 6.07 Å². The molecular formula is C13H16N2O2S. The summed E-state index contributed by atoms with van der Waals surface area (Å²) in [6.45, 7) is 4.08. The van der Waals surface area contributed by atoms with E-state index in [4.69, 9.17) is 0 Å². The van der Waals surface area contributed by atoms with Crippen molar-refractivity contribution in [1.82, 2.24) is 5.43 Å². The summed E-state index contributed by atoms with van der Waals surface area (Å²) in [4.78, 5) is 23.9. The molecule has 1 fully saturated rings. The highest BCUT2D eigenvalue weighted by atomic mass is 32.1. The fourth-order valence-electron chi connectivity index (χ4n) is 2.17. The summed E-state index contributed by atoms with van der Waals surface area (Å²) < 4.78 is 0. The summed E-state index contributed by atoms with van der Waals surface area (Å²) >= 11 is 1.37. The van der Waals surface area contributed by atoms with Crippen LogP contribution in [0.2, 0.25) is 0 Å². The molecule has 0 aliphatic heterocycles. The summed E-state index contributed by atoms with van der Waals surface area (Å²) in [5.74, 6) is -0.0244. The molecule has 0 unspecified atom stereocenters. The second-order valence-electron chi connectivity index (χ2n) is 5.33. The van der Waals surface area contributed by atoms with Crippen molar-refractivity contribution in [2.24, 2.45) is 10.5 Å². The maximum Gasteiger partial charge on any atom is 0.281 e. The van der Waals surface area contributed by atoms with Gasteiger partial charge in [0.1, 0.15) is 5.78 Å². The number of thiophene rings is 1. The predicted octanol–water partition coefficient (Wildman–Crippen LogP) is 2.61. The number of ketones is 1. The van der Waals surface area contributed by atoms with Crippen LogP contribution in [0, 0.1) is 5.41 Å². The third kappa shape index (κ3) is 3.26. The van der Waals surface area contributed by atoms with Crippen LogP contribution in [0.5, 0.6) is 0 Å². The topological polar surface area (TPSA) is 58.5 Å². The normalized spacial score (nSPS) is 21.0. The first-order valence-electron chi connectivity index (χ1n) is 5.87.